The molecule has 0 unspecified atom stereocenters. The minimum Gasteiger partial charge on any atom is -0.370 e. The van der Waals surface area contributed by atoms with Gasteiger partial charge in [0.05, 0.1) is 17.9 Å². The third-order valence-corrected chi connectivity index (χ3v) is 6.74. The number of rotatable bonds is 9. The van der Waals surface area contributed by atoms with Crippen LogP contribution in [-0.4, -0.2) is 62.1 Å². The maximum Gasteiger partial charge on any atom is 0.418 e. The van der Waals surface area contributed by atoms with Crippen molar-refractivity contribution < 1.29 is 27.5 Å². The molecular formula is C23H31F3N4O3. The lowest BCUT2D eigenvalue weighted by Crippen LogP contribution is -2.51. The molecule has 1 saturated heterocycles. The van der Waals surface area contributed by atoms with Crippen molar-refractivity contribution in [2.75, 3.05) is 49.6 Å². The Balaban J connectivity index is 1.53. The third-order valence-electron chi connectivity index (χ3n) is 6.74. The number of halogens is 3. The van der Waals surface area contributed by atoms with Crippen LogP contribution in [0.2, 0.25) is 0 Å². The molecule has 2 amide bonds. The lowest BCUT2D eigenvalue weighted by Gasteiger charge is -2.36. The van der Waals surface area contributed by atoms with Crippen molar-refractivity contribution in [3.05, 3.63) is 23.8 Å². The van der Waals surface area contributed by atoms with E-state index in [-0.39, 0.29) is 37.7 Å². The maximum absolute atomic E-state index is 13.9. The summed E-state index contributed by atoms with van der Waals surface area (Å²) in [4.78, 5) is 28.5. The Labute approximate surface area is 191 Å². The van der Waals surface area contributed by atoms with Crippen molar-refractivity contribution >= 4 is 23.2 Å². The predicted octanol–water partition coefficient (Wildman–Crippen LogP) is 2.85. The summed E-state index contributed by atoms with van der Waals surface area (Å²) in [5.74, 6) is 0.115. The molecule has 3 aliphatic rings. The zero-order chi connectivity index (χ0) is 23.6. The number of carbonyl (C=O) groups is 2. The van der Waals surface area contributed by atoms with Gasteiger partial charge in [-0.2, -0.15) is 13.2 Å². The van der Waals surface area contributed by atoms with Crippen molar-refractivity contribution in [3.8, 4) is 0 Å². The van der Waals surface area contributed by atoms with Gasteiger partial charge in [0.15, 0.2) is 0 Å². The van der Waals surface area contributed by atoms with Crippen LogP contribution in [0.5, 0.6) is 0 Å². The van der Waals surface area contributed by atoms with Crippen molar-refractivity contribution in [2.45, 2.75) is 44.3 Å². The minimum atomic E-state index is -4.70. The van der Waals surface area contributed by atoms with E-state index in [1.165, 1.54) is 23.5 Å². The molecule has 3 fully saturated rings. The fraction of sp³-hybridized carbons (Fsp3) is 0.652. The van der Waals surface area contributed by atoms with Crippen LogP contribution in [0, 0.1) is 11.8 Å². The number of morpholine rings is 1. The Morgan fingerprint density at radius 2 is 1.91 bits per heavy atom. The molecule has 3 N–H and O–H groups in total. The largest absolute Gasteiger partial charge is 0.418 e. The first-order valence-electron chi connectivity index (χ1n) is 11.6. The number of carbonyl (C=O) groups excluding carboxylic acids is 2. The van der Waals surface area contributed by atoms with E-state index in [0.29, 0.717) is 11.8 Å². The van der Waals surface area contributed by atoms with E-state index in [0.717, 1.165) is 44.8 Å². The van der Waals surface area contributed by atoms with Crippen LogP contribution in [0.15, 0.2) is 18.2 Å². The highest BCUT2D eigenvalue weighted by Gasteiger charge is 2.37. The number of hydrogen-bond acceptors (Lipinski definition) is 5. The summed E-state index contributed by atoms with van der Waals surface area (Å²) in [6.07, 6.45) is 0.917. The van der Waals surface area contributed by atoms with Crippen molar-refractivity contribution in [1.82, 2.24) is 4.90 Å². The molecule has 10 heteroatoms. The summed E-state index contributed by atoms with van der Waals surface area (Å²) in [6, 6.07) is 2.85. The molecule has 0 aromatic heterocycles. The Morgan fingerprint density at radius 1 is 1.21 bits per heavy atom. The normalized spacial score (nSPS) is 20.6. The van der Waals surface area contributed by atoms with Gasteiger partial charge >= 0.3 is 6.18 Å². The molecule has 2 aliphatic carbocycles. The number of alkyl halides is 3. The second-order valence-electron chi connectivity index (χ2n) is 9.26. The van der Waals surface area contributed by atoms with E-state index >= 15 is 0 Å². The topological polar surface area (TPSA) is 87.9 Å². The van der Waals surface area contributed by atoms with Gasteiger partial charge in [-0.05, 0) is 55.7 Å². The quantitative estimate of drug-likeness (QED) is 0.582. The van der Waals surface area contributed by atoms with Gasteiger partial charge in [0, 0.05) is 31.9 Å². The fourth-order valence-electron chi connectivity index (χ4n) is 4.44. The monoisotopic (exact) mass is 468 g/mol. The maximum atomic E-state index is 13.9. The van der Waals surface area contributed by atoms with E-state index in [2.05, 4.69) is 10.2 Å². The average Bonchev–Trinajstić information content (AvgIpc) is 3.55. The molecule has 1 aliphatic heterocycles. The van der Waals surface area contributed by atoms with Gasteiger partial charge in [-0.25, -0.2) is 0 Å². The van der Waals surface area contributed by atoms with Crippen LogP contribution in [0.1, 0.15) is 37.7 Å². The van der Waals surface area contributed by atoms with E-state index < -0.39 is 29.6 Å². The molecule has 7 nitrogen and oxygen atoms in total. The van der Waals surface area contributed by atoms with Crippen molar-refractivity contribution in [2.24, 2.45) is 17.6 Å². The lowest BCUT2D eigenvalue weighted by atomic mass is 9.84. The second kappa shape index (κ2) is 9.99. The summed E-state index contributed by atoms with van der Waals surface area (Å²) >= 11 is 0. The number of anilines is 2. The predicted molar refractivity (Wildman–Crippen MR) is 118 cm³/mol. The highest BCUT2D eigenvalue weighted by molar-refractivity contribution is 5.98. The first-order chi connectivity index (χ1) is 15.8. The SMILES string of the molecule is NC[C@@H](C(=O)Nc1ccc(N2CCOCC2=O)cc1C(F)(F)F)N(CC1CCC1)CC1CC1. The summed E-state index contributed by atoms with van der Waals surface area (Å²) in [6.45, 7) is 1.78. The number of ether oxygens (including phenoxy) is 1. The van der Waals surface area contributed by atoms with Gasteiger partial charge in [0.1, 0.15) is 12.6 Å². The van der Waals surface area contributed by atoms with E-state index in [1.807, 2.05) is 0 Å². The molecule has 0 bridgehead atoms. The second-order valence-corrected chi connectivity index (χ2v) is 9.26. The standard InChI is InChI=1S/C23H31F3N4O3/c24-23(25,26)18-10-17(30-8-9-33-14-21(30)31)6-7-19(18)28-22(32)20(11-27)29(13-16-4-5-16)12-15-2-1-3-15/h6-7,10,15-16,20H,1-5,8-9,11-14,27H2,(H,28,32)/t20-/m0/s1. The van der Waals surface area contributed by atoms with E-state index in [4.69, 9.17) is 10.5 Å². The highest BCUT2D eigenvalue weighted by Crippen LogP contribution is 2.38. The highest BCUT2D eigenvalue weighted by atomic mass is 19.4. The van der Waals surface area contributed by atoms with E-state index in [1.54, 1.807) is 0 Å². The average molecular weight is 469 g/mol. The molecule has 1 aromatic carbocycles. The smallest absolute Gasteiger partial charge is 0.370 e. The first-order valence-corrected chi connectivity index (χ1v) is 11.6. The molecule has 0 radical (unpaired) electrons. The minimum absolute atomic E-state index is 0.0347. The number of amides is 2. The molecule has 2 saturated carbocycles. The molecule has 33 heavy (non-hydrogen) atoms. The molecule has 1 aromatic rings. The summed E-state index contributed by atoms with van der Waals surface area (Å²) < 4.78 is 46.7. The van der Waals surface area contributed by atoms with Crippen LogP contribution in [-0.2, 0) is 20.5 Å². The van der Waals surface area contributed by atoms with Crippen LogP contribution < -0.4 is 16.0 Å². The van der Waals surface area contributed by atoms with Gasteiger partial charge in [-0.1, -0.05) is 6.42 Å². The molecular weight excluding hydrogens is 437 g/mol. The Bertz CT molecular complexity index is 871. The number of nitrogens with two attached hydrogens (primary N) is 1. The van der Waals surface area contributed by atoms with Gasteiger partial charge < -0.3 is 20.7 Å². The fourth-order valence-corrected chi connectivity index (χ4v) is 4.44. The van der Waals surface area contributed by atoms with Crippen LogP contribution in [0.4, 0.5) is 24.5 Å². The lowest BCUT2D eigenvalue weighted by molar-refractivity contribution is -0.137. The Hall–Kier alpha value is -2.17. The molecule has 4 rings (SSSR count). The number of nitrogens with zero attached hydrogens (tertiary/aromatic N) is 2. The van der Waals surface area contributed by atoms with Gasteiger partial charge in [0.2, 0.25) is 5.91 Å². The zero-order valence-corrected chi connectivity index (χ0v) is 18.6. The van der Waals surface area contributed by atoms with E-state index in [9.17, 15) is 22.8 Å². The van der Waals surface area contributed by atoms with Gasteiger partial charge in [-0.3, -0.25) is 14.5 Å². The third kappa shape index (κ3) is 5.85. The summed E-state index contributed by atoms with van der Waals surface area (Å²) in [7, 11) is 0. The molecule has 0 spiro atoms. The van der Waals surface area contributed by atoms with Crippen LogP contribution in [0.3, 0.4) is 0 Å². The Kier molecular flexibility index (Phi) is 7.25. The van der Waals surface area contributed by atoms with Crippen LogP contribution >= 0.6 is 0 Å². The zero-order valence-electron chi connectivity index (χ0n) is 18.6. The molecule has 1 atom stereocenters. The van der Waals surface area contributed by atoms with Gasteiger partial charge in [-0.15, -0.1) is 0 Å². The molecule has 182 valence electrons. The van der Waals surface area contributed by atoms with Crippen LogP contribution in [0.25, 0.3) is 0 Å². The molecule has 1 heterocycles. The van der Waals surface area contributed by atoms with Gasteiger partial charge in [0.25, 0.3) is 5.91 Å². The first kappa shape index (κ1) is 24.0. The Morgan fingerprint density at radius 3 is 2.45 bits per heavy atom. The number of benzene rings is 1. The number of nitrogens with one attached hydrogen (secondary N) is 1. The summed E-state index contributed by atoms with van der Waals surface area (Å²) in [5.41, 5.74) is 4.75. The summed E-state index contributed by atoms with van der Waals surface area (Å²) in [5, 5.41) is 2.48. The van der Waals surface area contributed by atoms with Crippen molar-refractivity contribution in [3.63, 3.8) is 0 Å². The van der Waals surface area contributed by atoms with Crippen molar-refractivity contribution in [1.29, 1.82) is 0 Å². The number of hydrogen-bond donors (Lipinski definition) is 2.